The number of aromatic nitrogens is 2. The van der Waals surface area contributed by atoms with E-state index in [-0.39, 0.29) is 30.3 Å². The zero-order valence-electron chi connectivity index (χ0n) is 23.3. The third-order valence-corrected chi connectivity index (χ3v) is 6.95. The molecule has 0 aliphatic carbocycles. The molecule has 39 heavy (non-hydrogen) atoms. The molecule has 0 spiro atoms. The SMILES string of the molecule is CCc1cc(NC(=O)C(=O)N2C[C@H](C)CC[C@H]2c2cnc3c(c2)CCC(=O)N3)cnc1CC(=O)OC(C)(C)C. The molecule has 0 unspecified atom stereocenters. The first-order valence-corrected chi connectivity index (χ1v) is 13.5. The standard InChI is InChI=1S/C29H37N5O5/c1-6-18-12-21(15-30-22(18)13-25(36)39-29(3,4)5)32-27(37)28(38)34-16-17(2)7-9-23(34)20-11-19-8-10-24(35)33-26(19)31-14-20/h11-12,14-15,17,23H,6-10,13,16H2,1-5H3,(H,32,37)(H,31,33,35)/t17-,23+/m1/s1. The molecule has 0 saturated carbocycles. The molecular weight excluding hydrogens is 498 g/mol. The minimum absolute atomic E-state index is 0.0272. The van der Waals surface area contributed by atoms with Crippen LogP contribution in [0.5, 0.6) is 0 Å². The van der Waals surface area contributed by atoms with Gasteiger partial charge in [-0.25, -0.2) is 4.98 Å². The van der Waals surface area contributed by atoms with Gasteiger partial charge in [0, 0.05) is 19.2 Å². The molecule has 0 aromatic carbocycles. The lowest BCUT2D eigenvalue weighted by atomic mass is 9.89. The molecule has 0 radical (unpaired) electrons. The molecule has 2 aliphatic heterocycles. The molecule has 2 aromatic rings. The fraction of sp³-hybridized carbons (Fsp3) is 0.517. The topological polar surface area (TPSA) is 131 Å². The van der Waals surface area contributed by atoms with Crippen molar-refractivity contribution in [3.8, 4) is 0 Å². The molecule has 2 aliphatic rings. The van der Waals surface area contributed by atoms with Crippen LogP contribution in [0, 0.1) is 5.92 Å². The van der Waals surface area contributed by atoms with Crippen molar-refractivity contribution >= 4 is 35.2 Å². The first-order chi connectivity index (χ1) is 18.4. The number of carbonyl (C=O) groups is 4. The van der Waals surface area contributed by atoms with Gasteiger partial charge in [0.2, 0.25) is 5.91 Å². The lowest BCUT2D eigenvalue weighted by Gasteiger charge is -2.38. The number of carbonyl (C=O) groups excluding carboxylic acids is 4. The summed E-state index contributed by atoms with van der Waals surface area (Å²) in [5.74, 6) is -0.973. The van der Waals surface area contributed by atoms with Crippen LogP contribution >= 0.6 is 0 Å². The van der Waals surface area contributed by atoms with Crippen LogP contribution in [0.1, 0.15) is 82.3 Å². The largest absolute Gasteiger partial charge is 0.460 e. The summed E-state index contributed by atoms with van der Waals surface area (Å²) in [4.78, 5) is 61.0. The number of likely N-dealkylation sites (tertiary alicyclic amines) is 1. The summed E-state index contributed by atoms with van der Waals surface area (Å²) >= 11 is 0. The van der Waals surface area contributed by atoms with Crippen LogP contribution in [0.2, 0.25) is 0 Å². The van der Waals surface area contributed by atoms with Gasteiger partial charge in [0.25, 0.3) is 0 Å². The van der Waals surface area contributed by atoms with Gasteiger partial charge in [-0.05, 0) is 81.2 Å². The Hall–Kier alpha value is -3.82. The first kappa shape index (κ1) is 28.2. The molecule has 2 atom stereocenters. The molecule has 4 heterocycles. The molecular formula is C29H37N5O5. The van der Waals surface area contributed by atoms with Gasteiger partial charge in [-0.3, -0.25) is 24.2 Å². The van der Waals surface area contributed by atoms with Crippen LogP contribution < -0.4 is 10.6 Å². The Bertz CT molecular complexity index is 1290. The van der Waals surface area contributed by atoms with Crippen molar-refractivity contribution in [1.82, 2.24) is 14.9 Å². The van der Waals surface area contributed by atoms with Crippen LogP contribution in [0.3, 0.4) is 0 Å². The summed E-state index contributed by atoms with van der Waals surface area (Å²) in [7, 11) is 0. The van der Waals surface area contributed by atoms with Crippen LogP contribution in [0.25, 0.3) is 0 Å². The second-order valence-electron chi connectivity index (χ2n) is 11.4. The number of aryl methyl sites for hydroxylation is 2. The maximum Gasteiger partial charge on any atom is 0.313 e. The van der Waals surface area contributed by atoms with Crippen LogP contribution in [0.15, 0.2) is 24.5 Å². The Kier molecular flexibility index (Phi) is 8.32. The predicted molar refractivity (Wildman–Crippen MR) is 146 cm³/mol. The molecule has 10 heteroatoms. The third-order valence-electron chi connectivity index (χ3n) is 6.95. The van der Waals surface area contributed by atoms with Crippen LogP contribution in [-0.4, -0.2) is 50.7 Å². The van der Waals surface area contributed by atoms with Gasteiger partial charge in [0.1, 0.15) is 11.4 Å². The number of rotatable bonds is 5. The Morgan fingerprint density at radius 2 is 1.90 bits per heavy atom. The summed E-state index contributed by atoms with van der Waals surface area (Å²) < 4.78 is 5.40. The van der Waals surface area contributed by atoms with E-state index in [1.165, 1.54) is 6.20 Å². The highest BCUT2D eigenvalue weighted by Gasteiger charge is 2.35. The third kappa shape index (κ3) is 6.99. The van der Waals surface area contributed by atoms with E-state index in [4.69, 9.17) is 4.74 Å². The maximum absolute atomic E-state index is 13.4. The molecule has 2 N–H and O–H groups in total. The van der Waals surface area contributed by atoms with Gasteiger partial charge in [-0.15, -0.1) is 0 Å². The first-order valence-electron chi connectivity index (χ1n) is 13.5. The van der Waals surface area contributed by atoms with Gasteiger partial charge in [0.05, 0.1) is 30.0 Å². The number of amides is 3. The summed E-state index contributed by atoms with van der Waals surface area (Å²) in [5, 5.41) is 5.49. The number of anilines is 2. The van der Waals surface area contributed by atoms with E-state index in [0.717, 1.165) is 23.1 Å². The Labute approximate surface area is 228 Å². The van der Waals surface area contributed by atoms with E-state index < -0.39 is 17.4 Å². The lowest BCUT2D eigenvalue weighted by molar-refractivity contribution is -0.154. The number of nitrogens with zero attached hydrogens (tertiary/aromatic N) is 3. The zero-order chi connectivity index (χ0) is 28.3. The molecule has 0 bridgehead atoms. The van der Waals surface area contributed by atoms with E-state index >= 15 is 0 Å². The molecule has 4 rings (SSSR count). The molecule has 1 fully saturated rings. The van der Waals surface area contributed by atoms with Crippen molar-refractivity contribution in [2.24, 2.45) is 5.92 Å². The summed E-state index contributed by atoms with van der Waals surface area (Å²) in [5.41, 5.74) is 2.98. The highest BCUT2D eigenvalue weighted by atomic mass is 16.6. The lowest BCUT2D eigenvalue weighted by Crippen LogP contribution is -2.46. The zero-order valence-corrected chi connectivity index (χ0v) is 23.3. The number of piperidine rings is 1. The van der Waals surface area contributed by atoms with Crippen LogP contribution in [-0.2, 0) is 43.2 Å². The highest BCUT2D eigenvalue weighted by Crippen LogP contribution is 2.35. The van der Waals surface area contributed by atoms with E-state index in [2.05, 4.69) is 27.5 Å². The molecule has 2 aromatic heterocycles. The van der Waals surface area contributed by atoms with Crippen molar-refractivity contribution < 1.29 is 23.9 Å². The fourth-order valence-corrected chi connectivity index (χ4v) is 5.08. The normalized spacial score (nSPS) is 19.1. The van der Waals surface area contributed by atoms with Crippen molar-refractivity contribution in [3.05, 3.63) is 46.9 Å². The van der Waals surface area contributed by atoms with Crippen molar-refractivity contribution in [2.45, 2.75) is 84.8 Å². The van der Waals surface area contributed by atoms with Crippen molar-refractivity contribution in [2.75, 3.05) is 17.2 Å². The van der Waals surface area contributed by atoms with Gasteiger partial charge < -0.3 is 20.3 Å². The number of nitrogens with one attached hydrogen (secondary N) is 2. The molecule has 208 valence electrons. The minimum Gasteiger partial charge on any atom is -0.460 e. The Morgan fingerprint density at radius 1 is 1.13 bits per heavy atom. The number of ether oxygens (including phenoxy) is 1. The van der Waals surface area contributed by atoms with Crippen molar-refractivity contribution in [1.29, 1.82) is 0 Å². The van der Waals surface area contributed by atoms with Gasteiger partial charge >= 0.3 is 17.8 Å². The van der Waals surface area contributed by atoms with Crippen molar-refractivity contribution in [3.63, 3.8) is 0 Å². The average Bonchev–Trinajstić information content (AvgIpc) is 2.87. The van der Waals surface area contributed by atoms with E-state index in [0.29, 0.717) is 49.4 Å². The number of hydrogen-bond acceptors (Lipinski definition) is 7. The highest BCUT2D eigenvalue weighted by molar-refractivity contribution is 6.39. The second-order valence-corrected chi connectivity index (χ2v) is 11.4. The maximum atomic E-state index is 13.4. The summed E-state index contributed by atoms with van der Waals surface area (Å²) in [6, 6.07) is 3.45. The molecule has 10 nitrogen and oxygen atoms in total. The quantitative estimate of drug-likeness (QED) is 0.440. The Morgan fingerprint density at radius 3 is 2.62 bits per heavy atom. The van der Waals surface area contributed by atoms with Gasteiger partial charge in [-0.1, -0.05) is 13.8 Å². The summed E-state index contributed by atoms with van der Waals surface area (Å²) in [6.07, 6.45) is 6.40. The Balaban J connectivity index is 1.48. The number of fused-ring (bicyclic) bond motifs is 1. The fourth-order valence-electron chi connectivity index (χ4n) is 5.08. The van der Waals surface area contributed by atoms with Gasteiger partial charge in [-0.2, -0.15) is 0 Å². The smallest absolute Gasteiger partial charge is 0.313 e. The van der Waals surface area contributed by atoms with E-state index in [1.54, 1.807) is 17.2 Å². The molecule has 3 amide bonds. The van der Waals surface area contributed by atoms with Crippen LogP contribution in [0.4, 0.5) is 11.5 Å². The number of esters is 1. The monoisotopic (exact) mass is 535 g/mol. The number of pyridine rings is 2. The summed E-state index contributed by atoms with van der Waals surface area (Å²) in [6.45, 7) is 9.88. The van der Waals surface area contributed by atoms with Gasteiger partial charge in [0.15, 0.2) is 0 Å². The minimum atomic E-state index is -0.740. The van der Waals surface area contributed by atoms with E-state index in [1.807, 2.05) is 33.8 Å². The second kappa shape index (κ2) is 11.5. The molecule has 1 saturated heterocycles. The predicted octanol–water partition coefficient (Wildman–Crippen LogP) is 3.75. The average molecular weight is 536 g/mol. The number of hydrogen-bond donors (Lipinski definition) is 2. The van der Waals surface area contributed by atoms with E-state index in [9.17, 15) is 19.2 Å².